The van der Waals surface area contributed by atoms with E-state index in [1.165, 1.54) is 54.0 Å². The summed E-state index contributed by atoms with van der Waals surface area (Å²) in [5, 5.41) is 4.69. The van der Waals surface area contributed by atoms with Crippen molar-refractivity contribution < 1.29 is 30.8 Å². The number of methoxy groups -OCH3 is 1. The molecule has 0 aliphatic heterocycles. The SMILES string of the molecule is COc1ccc(S(=O)(=O)N(CCc2ccccc2)CC(=O)N/N=C\c2ccc(CN(Cc3ccc(Cl)cc3Cl)S(=O)(=O)c3ccc(C)cc3)o2)cc1. The third kappa shape index (κ3) is 10.1. The third-order valence-electron chi connectivity index (χ3n) is 7.93. The van der Waals surface area contributed by atoms with Crippen LogP contribution in [0.2, 0.25) is 10.0 Å². The van der Waals surface area contributed by atoms with Gasteiger partial charge in [0.2, 0.25) is 20.0 Å². The minimum absolute atomic E-state index is 0.0116. The molecule has 1 amide bonds. The summed E-state index contributed by atoms with van der Waals surface area (Å²) < 4.78 is 68.1. The van der Waals surface area contributed by atoms with Crippen molar-refractivity contribution in [2.24, 2.45) is 5.10 Å². The Labute approximate surface area is 313 Å². The van der Waals surface area contributed by atoms with Crippen molar-refractivity contribution in [2.45, 2.75) is 36.2 Å². The van der Waals surface area contributed by atoms with Crippen LogP contribution in [-0.2, 0) is 44.4 Å². The number of furan rings is 1. The fourth-order valence-corrected chi connectivity index (χ4v) is 8.34. The van der Waals surface area contributed by atoms with Crippen molar-refractivity contribution in [2.75, 3.05) is 20.2 Å². The van der Waals surface area contributed by atoms with E-state index in [-0.39, 0.29) is 35.2 Å². The minimum Gasteiger partial charge on any atom is -0.497 e. The molecule has 0 saturated carbocycles. The fraction of sp³-hybridized carbons (Fsp3) is 0.189. The normalized spacial score (nSPS) is 12.1. The predicted molar refractivity (Wildman–Crippen MR) is 200 cm³/mol. The molecule has 1 heterocycles. The molecule has 0 atom stereocenters. The second-order valence-corrected chi connectivity index (χ2v) is 16.4. The number of hydrogen-bond donors (Lipinski definition) is 1. The molecule has 0 aliphatic rings. The number of hydrazone groups is 1. The molecule has 0 radical (unpaired) electrons. The van der Waals surface area contributed by atoms with Gasteiger partial charge in [0.05, 0.1) is 36.2 Å². The van der Waals surface area contributed by atoms with Gasteiger partial charge in [-0.15, -0.1) is 0 Å². The van der Waals surface area contributed by atoms with E-state index in [4.69, 9.17) is 32.4 Å². The highest BCUT2D eigenvalue weighted by Crippen LogP contribution is 2.27. The van der Waals surface area contributed by atoms with Crippen molar-refractivity contribution >= 4 is 55.4 Å². The van der Waals surface area contributed by atoms with Crippen molar-refractivity contribution in [3.8, 4) is 5.75 Å². The van der Waals surface area contributed by atoms with Crippen molar-refractivity contribution in [3.63, 3.8) is 0 Å². The highest BCUT2D eigenvalue weighted by molar-refractivity contribution is 7.89. The largest absolute Gasteiger partial charge is 0.497 e. The Bertz CT molecular complexity index is 2230. The van der Waals surface area contributed by atoms with Crippen LogP contribution in [0.5, 0.6) is 5.75 Å². The fourth-order valence-electron chi connectivity index (χ4n) is 5.09. The van der Waals surface area contributed by atoms with Gasteiger partial charge >= 0.3 is 0 Å². The quantitative estimate of drug-likeness (QED) is 0.0871. The molecule has 5 rings (SSSR count). The summed E-state index contributed by atoms with van der Waals surface area (Å²) in [6.07, 6.45) is 1.62. The van der Waals surface area contributed by atoms with Gasteiger partial charge in [-0.3, -0.25) is 4.79 Å². The molecule has 4 aromatic carbocycles. The molecule has 0 spiro atoms. The third-order valence-corrected chi connectivity index (χ3v) is 12.2. The Balaban J connectivity index is 1.29. The lowest BCUT2D eigenvalue weighted by Gasteiger charge is -2.22. The average Bonchev–Trinajstić information content (AvgIpc) is 3.58. The van der Waals surface area contributed by atoms with Crippen LogP contribution in [0.25, 0.3) is 0 Å². The van der Waals surface area contributed by atoms with Gasteiger partial charge in [0.1, 0.15) is 17.3 Å². The molecule has 15 heteroatoms. The molecule has 1 N–H and O–H groups in total. The maximum atomic E-state index is 13.8. The van der Waals surface area contributed by atoms with E-state index in [0.29, 0.717) is 33.5 Å². The van der Waals surface area contributed by atoms with Crippen LogP contribution in [0.3, 0.4) is 0 Å². The number of aryl methyl sites for hydroxylation is 1. The summed E-state index contributed by atoms with van der Waals surface area (Å²) in [5.74, 6) is 0.336. The lowest BCUT2D eigenvalue weighted by molar-refractivity contribution is -0.121. The molecule has 11 nitrogen and oxygen atoms in total. The van der Waals surface area contributed by atoms with Crippen molar-refractivity contribution in [1.82, 2.24) is 14.0 Å². The predicted octanol–water partition coefficient (Wildman–Crippen LogP) is 6.68. The van der Waals surface area contributed by atoms with Crippen LogP contribution >= 0.6 is 23.2 Å². The number of carbonyl (C=O) groups excluding carboxylic acids is 1. The van der Waals surface area contributed by atoms with Crippen molar-refractivity contribution in [1.29, 1.82) is 0 Å². The number of amides is 1. The van der Waals surface area contributed by atoms with Crippen LogP contribution in [-0.4, -0.2) is 57.8 Å². The zero-order chi connectivity index (χ0) is 37.3. The maximum absolute atomic E-state index is 13.8. The van der Waals surface area contributed by atoms with E-state index >= 15 is 0 Å². The van der Waals surface area contributed by atoms with Gasteiger partial charge in [0.25, 0.3) is 5.91 Å². The second-order valence-electron chi connectivity index (χ2n) is 11.7. The van der Waals surface area contributed by atoms with Crippen LogP contribution in [0, 0.1) is 6.92 Å². The Hall–Kier alpha value is -4.50. The molecule has 0 unspecified atom stereocenters. The molecule has 0 aliphatic carbocycles. The zero-order valence-corrected chi connectivity index (χ0v) is 31.4. The number of nitrogens with zero attached hydrogens (tertiary/aromatic N) is 3. The van der Waals surface area contributed by atoms with Crippen LogP contribution < -0.4 is 10.2 Å². The summed E-state index contributed by atoms with van der Waals surface area (Å²) in [6.45, 7) is 1.20. The lowest BCUT2D eigenvalue weighted by Crippen LogP contribution is -2.40. The first kappa shape index (κ1) is 38.7. The first-order chi connectivity index (χ1) is 24.8. The van der Waals surface area contributed by atoms with Crippen molar-refractivity contribution in [3.05, 3.63) is 147 Å². The first-order valence-electron chi connectivity index (χ1n) is 15.9. The summed E-state index contributed by atoms with van der Waals surface area (Å²) in [7, 11) is -6.58. The molecule has 5 aromatic rings. The van der Waals surface area contributed by atoms with E-state index in [9.17, 15) is 21.6 Å². The molecular formula is C37H36Cl2N4O7S2. The molecular weight excluding hydrogens is 747 g/mol. The molecule has 1 aromatic heterocycles. The van der Waals surface area contributed by atoms with E-state index < -0.39 is 32.5 Å². The van der Waals surface area contributed by atoms with Gasteiger partial charge in [-0.1, -0.05) is 77.3 Å². The van der Waals surface area contributed by atoms with Gasteiger partial charge < -0.3 is 9.15 Å². The van der Waals surface area contributed by atoms with Crippen LogP contribution in [0.4, 0.5) is 0 Å². The van der Waals surface area contributed by atoms with E-state index in [1.54, 1.807) is 42.5 Å². The number of sulfonamides is 2. The van der Waals surface area contributed by atoms with Crippen LogP contribution in [0.1, 0.15) is 28.2 Å². The van der Waals surface area contributed by atoms with Crippen LogP contribution in [0.15, 0.2) is 129 Å². The standard InChI is InChI=1S/C37H36Cl2N4O7S2/c1-27-8-16-34(17-9-27)52(47,48)43(24-29-10-11-30(38)22-36(29)39)25-33-13-12-32(50-33)23-40-41-37(44)26-42(21-20-28-6-4-3-5-7-28)51(45,46)35-18-14-31(49-2)15-19-35/h3-19,22-23H,20-21,24-26H2,1-2H3,(H,41,44)/b40-23-. The summed E-state index contributed by atoms with van der Waals surface area (Å²) in [4.78, 5) is 13.1. The molecule has 272 valence electrons. The Morgan fingerprint density at radius 3 is 2.13 bits per heavy atom. The average molecular weight is 784 g/mol. The number of ether oxygens (including phenoxy) is 1. The zero-order valence-electron chi connectivity index (χ0n) is 28.3. The number of halogens is 2. The smallest absolute Gasteiger partial charge is 0.255 e. The molecule has 0 saturated heterocycles. The number of rotatable bonds is 16. The highest BCUT2D eigenvalue weighted by Gasteiger charge is 2.28. The van der Waals surface area contributed by atoms with E-state index in [1.807, 2.05) is 37.3 Å². The Morgan fingerprint density at radius 1 is 0.827 bits per heavy atom. The topological polar surface area (TPSA) is 139 Å². The van der Waals surface area contributed by atoms with Gasteiger partial charge in [-0.25, -0.2) is 22.3 Å². The van der Waals surface area contributed by atoms with E-state index in [2.05, 4.69) is 10.5 Å². The van der Waals surface area contributed by atoms with E-state index in [0.717, 1.165) is 15.4 Å². The number of carbonyl (C=O) groups is 1. The first-order valence-corrected chi connectivity index (χ1v) is 19.6. The van der Waals surface area contributed by atoms with Gasteiger partial charge in [-0.2, -0.15) is 13.7 Å². The molecule has 0 fully saturated rings. The second kappa shape index (κ2) is 17.3. The monoisotopic (exact) mass is 782 g/mol. The summed E-state index contributed by atoms with van der Waals surface area (Å²) in [6, 6.07) is 29.8. The van der Waals surface area contributed by atoms with Gasteiger partial charge in [0.15, 0.2) is 0 Å². The number of hydrogen-bond acceptors (Lipinski definition) is 8. The molecule has 0 bridgehead atoms. The Morgan fingerprint density at radius 2 is 1.48 bits per heavy atom. The number of nitrogens with one attached hydrogen (secondary N) is 1. The number of benzene rings is 4. The van der Waals surface area contributed by atoms with Gasteiger partial charge in [0, 0.05) is 23.1 Å². The summed E-state index contributed by atoms with van der Waals surface area (Å²) >= 11 is 12.5. The minimum atomic E-state index is -4.06. The van der Waals surface area contributed by atoms with Gasteiger partial charge in [-0.05, 0) is 85.1 Å². The maximum Gasteiger partial charge on any atom is 0.255 e. The Kier molecular flexibility index (Phi) is 12.9. The lowest BCUT2D eigenvalue weighted by atomic mass is 10.1. The highest BCUT2D eigenvalue weighted by atomic mass is 35.5. The molecule has 52 heavy (non-hydrogen) atoms. The summed E-state index contributed by atoms with van der Waals surface area (Å²) in [5.41, 5.74) is 4.72.